The Morgan fingerprint density at radius 1 is 1.27 bits per heavy atom. The fourth-order valence-corrected chi connectivity index (χ4v) is 3.62. The lowest BCUT2D eigenvalue weighted by Crippen LogP contribution is -2.47. The number of anilines is 1. The highest BCUT2D eigenvalue weighted by atomic mass is 79.9. The first kappa shape index (κ1) is 17.0. The molecule has 1 aromatic carbocycles. The van der Waals surface area contributed by atoms with Gasteiger partial charge >= 0.3 is 0 Å². The summed E-state index contributed by atoms with van der Waals surface area (Å²) in [7, 11) is 0. The van der Waals surface area contributed by atoms with Gasteiger partial charge in [0, 0.05) is 17.5 Å². The molecule has 0 bridgehead atoms. The topological polar surface area (TPSA) is 75.2 Å². The number of nitrogens with zero attached hydrogens (tertiary/aromatic N) is 3. The summed E-state index contributed by atoms with van der Waals surface area (Å²) in [6.45, 7) is 0.188. The van der Waals surface area contributed by atoms with E-state index >= 15 is 0 Å². The number of rotatable bonds is 3. The molecule has 26 heavy (non-hydrogen) atoms. The van der Waals surface area contributed by atoms with Crippen molar-refractivity contribution in [3.63, 3.8) is 0 Å². The van der Waals surface area contributed by atoms with Gasteiger partial charge in [0.1, 0.15) is 12.4 Å². The van der Waals surface area contributed by atoms with Crippen LogP contribution in [-0.4, -0.2) is 39.8 Å². The molecule has 1 spiro atoms. The highest BCUT2D eigenvalue weighted by Crippen LogP contribution is 2.53. The summed E-state index contributed by atoms with van der Waals surface area (Å²) in [4.78, 5) is 33.6. The molecule has 4 rings (SSSR count). The van der Waals surface area contributed by atoms with Gasteiger partial charge in [0.05, 0.1) is 16.9 Å². The number of halogens is 3. The molecule has 2 aliphatic rings. The van der Waals surface area contributed by atoms with Gasteiger partial charge in [-0.25, -0.2) is 18.7 Å². The van der Waals surface area contributed by atoms with Crippen molar-refractivity contribution in [3.05, 3.63) is 51.8 Å². The van der Waals surface area contributed by atoms with Crippen molar-refractivity contribution < 1.29 is 18.4 Å². The zero-order chi connectivity index (χ0) is 18.5. The summed E-state index contributed by atoms with van der Waals surface area (Å²) in [5.74, 6) is -2.06. The molecule has 0 saturated heterocycles. The van der Waals surface area contributed by atoms with Crippen molar-refractivity contribution in [2.45, 2.75) is 18.3 Å². The monoisotopic (exact) mass is 422 g/mol. The van der Waals surface area contributed by atoms with Crippen LogP contribution in [0.1, 0.15) is 28.8 Å². The number of benzene rings is 1. The molecule has 0 unspecified atom stereocenters. The molecule has 2 amide bonds. The van der Waals surface area contributed by atoms with Crippen molar-refractivity contribution in [2.75, 3.05) is 18.4 Å². The number of carbonyl (C=O) groups is 2. The van der Waals surface area contributed by atoms with Gasteiger partial charge in [-0.15, -0.1) is 0 Å². The van der Waals surface area contributed by atoms with Gasteiger partial charge in [0.25, 0.3) is 5.91 Å². The molecule has 1 N–H and O–H groups in total. The number of hydrogen-bond acceptors (Lipinski definition) is 4. The molecule has 0 atom stereocenters. The Balaban J connectivity index is 1.54. The van der Waals surface area contributed by atoms with E-state index in [1.807, 2.05) is 0 Å². The van der Waals surface area contributed by atoms with E-state index in [-0.39, 0.29) is 23.8 Å². The lowest BCUT2D eigenvalue weighted by atomic mass is 9.86. The molecule has 1 aliphatic heterocycles. The summed E-state index contributed by atoms with van der Waals surface area (Å²) in [6.07, 6.45) is 3.63. The standard InChI is InChI=1S/C17H13BrF2N4O2/c18-12-4-11-10(3-13(12)20)15(26)24(8-17(11)1-2-17)7-14(25)23-16-21-5-9(19)6-22-16/h3-6H,1-2,7-8H2,(H,21,22,23,25). The Morgan fingerprint density at radius 3 is 2.62 bits per heavy atom. The Labute approximate surface area is 155 Å². The van der Waals surface area contributed by atoms with E-state index in [1.54, 1.807) is 6.07 Å². The van der Waals surface area contributed by atoms with E-state index in [1.165, 1.54) is 11.0 Å². The molecular weight excluding hydrogens is 410 g/mol. The van der Waals surface area contributed by atoms with Crippen LogP contribution in [0.5, 0.6) is 0 Å². The van der Waals surface area contributed by atoms with E-state index in [0.29, 0.717) is 16.6 Å². The maximum atomic E-state index is 13.9. The molecular formula is C17H13BrF2N4O2. The Kier molecular flexibility index (Phi) is 3.98. The fraction of sp³-hybridized carbons (Fsp3) is 0.294. The van der Waals surface area contributed by atoms with Crippen LogP contribution in [0.4, 0.5) is 14.7 Å². The number of hydrogen-bond donors (Lipinski definition) is 1. The van der Waals surface area contributed by atoms with Gasteiger partial charge in [-0.1, -0.05) is 0 Å². The number of amides is 2. The Hall–Kier alpha value is -2.42. The summed E-state index contributed by atoms with van der Waals surface area (Å²) in [5.41, 5.74) is 0.904. The van der Waals surface area contributed by atoms with Crippen molar-refractivity contribution in [1.82, 2.24) is 14.9 Å². The summed E-state index contributed by atoms with van der Waals surface area (Å²) in [6, 6.07) is 2.88. The first-order valence-electron chi connectivity index (χ1n) is 7.94. The predicted molar refractivity (Wildman–Crippen MR) is 91.5 cm³/mol. The molecule has 0 radical (unpaired) electrons. The maximum absolute atomic E-state index is 13.9. The van der Waals surface area contributed by atoms with Crippen LogP contribution >= 0.6 is 15.9 Å². The van der Waals surface area contributed by atoms with Crippen molar-refractivity contribution in [1.29, 1.82) is 0 Å². The average molecular weight is 423 g/mol. The van der Waals surface area contributed by atoms with Gasteiger partial charge < -0.3 is 4.90 Å². The van der Waals surface area contributed by atoms with Crippen LogP contribution in [0.3, 0.4) is 0 Å². The molecule has 1 saturated carbocycles. The zero-order valence-electron chi connectivity index (χ0n) is 13.4. The first-order valence-corrected chi connectivity index (χ1v) is 8.73. The normalized spacial score (nSPS) is 17.2. The van der Waals surface area contributed by atoms with Gasteiger partial charge in [0.2, 0.25) is 11.9 Å². The second kappa shape index (κ2) is 6.08. The number of carbonyl (C=O) groups excluding carboxylic acids is 2. The Morgan fingerprint density at radius 2 is 1.96 bits per heavy atom. The first-order chi connectivity index (χ1) is 12.4. The third-order valence-electron chi connectivity index (χ3n) is 4.70. The van der Waals surface area contributed by atoms with Gasteiger partial charge in [-0.3, -0.25) is 14.9 Å². The summed E-state index contributed by atoms with van der Waals surface area (Å²) in [5, 5.41) is 2.43. The molecule has 2 aromatic rings. The van der Waals surface area contributed by atoms with E-state index in [9.17, 15) is 18.4 Å². The minimum Gasteiger partial charge on any atom is -0.328 e. The summed E-state index contributed by atoms with van der Waals surface area (Å²) >= 11 is 3.17. The van der Waals surface area contributed by atoms with E-state index in [2.05, 4.69) is 31.2 Å². The molecule has 9 heteroatoms. The third kappa shape index (κ3) is 2.96. The number of nitrogens with one attached hydrogen (secondary N) is 1. The van der Waals surface area contributed by atoms with Crippen LogP contribution in [0.25, 0.3) is 0 Å². The quantitative estimate of drug-likeness (QED) is 0.824. The second-order valence-electron chi connectivity index (χ2n) is 6.53. The summed E-state index contributed by atoms with van der Waals surface area (Å²) < 4.78 is 27.1. The lowest BCUT2D eigenvalue weighted by Gasteiger charge is -2.34. The lowest BCUT2D eigenvalue weighted by molar-refractivity contribution is -0.117. The maximum Gasteiger partial charge on any atom is 0.254 e. The van der Waals surface area contributed by atoms with E-state index < -0.39 is 17.5 Å². The van der Waals surface area contributed by atoms with E-state index in [4.69, 9.17) is 0 Å². The van der Waals surface area contributed by atoms with Crippen LogP contribution in [0.15, 0.2) is 29.0 Å². The minimum absolute atomic E-state index is 0.0441. The third-order valence-corrected chi connectivity index (χ3v) is 5.31. The van der Waals surface area contributed by atoms with Gasteiger partial charge in [0.15, 0.2) is 5.82 Å². The zero-order valence-corrected chi connectivity index (χ0v) is 15.0. The fourth-order valence-electron chi connectivity index (χ4n) is 3.28. The van der Waals surface area contributed by atoms with Crippen LogP contribution in [0.2, 0.25) is 0 Å². The van der Waals surface area contributed by atoms with Gasteiger partial charge in [-0.05, 0) is 46.5 Å². The molecule has 6 nitrogen and oxygen atoms in total. The highest BCUT2D eigenvalue weighted by Gasteiger charge is 2.51. The molecule has 1 aromatic heterocycles. The van der Waals surface area contributed by atoms with Crippen LogP contribution < -0.4 is 5.32 Å². The SMILES string of the molecule is O=C(CN1CC2(CC2)c2cc(Br)c(F)cc2C1=O)Nc1ncc(F)cn1. The molecule has 1 aliphatic carbocycles. The van der Waals surface area contributed by atoms with Crippen molar-refractivity contribution in [2.24, 2.45) is 0 Å². The van der Waals surface area contributed by atoms with Crippen LogP contribution in [-0.2, 0) is 10.2 Å². The van der Waals surface area contributed by atoms with Gasteiger partial charge in [-0.2, -0.15) is 0 Å². The number of aromatic nitrogens is 2. The number of fused-ring (bicyclic) bond motifs is 2. The van der Waals surface area contributed by atoms with E-state index in [0.717, 1.165) is 30.8 Å². The highest BCUT2D eigenvalue weighted by molar-refractivity contribution is 9.10. The largest absolute Gasteiger partial charge is 0.328 e. The molecule has 2 heterocycles. The smallest absolute Gasteiger partial charge is 0.254 e. The molecule has 134 valence electrons. The van der Waals surface area contributed by atoms with Crippen molar-refractivity contribution >= 4 is 33.7 Å². The second-order valence-corrected chi connectivity index (χ2v) is 7.38. The van der Waals surface area contributed by atoms with Crippen LogP contribution in [0, 0.1) is 11.6 Å². The molecule has 1 fully saturated rings. The van der Waals surface area contributed by atoms with Crippen molar-refractivity contribution in [3.8, 4) is 0 Å². The predicted octanol–water partition coefficient (Wildman–Crippen LogP) is 2.64. The average Bonchev–Trinajstić information content (AvgIpc) is 3.37. The Bertz CT molecular complexity index is 916. The minimum atomic E-state index is -0.616.